The van der Waals surface area contributed by atoms with E-state index >= 15 is 0 Å². The molecule has 3 aliphatic rings. The molecule has 6 rings (SSSR count). The van der Waals surface area contributed by atoms with Gasteiger partial charge in [-0.05, 0) is 69.6 Å². The number of aryl methyl sites for hydroxylation is 2. The van der Waals surface area contributed by atoms with Crippen LogP contribution in [0.4, 0.5) is 11.5 Å². The number of ether oxygens (including phenoxy) is 1. The fourth-order valence-corrected chi connectivity index (χ4v) is 7.14. The molecule has 9 heteroatoms. The highest BCUT2D eigenvalue weighted by atomic mass is 32.1. The zero-order chi connectivity index (χ0) is 23.6. The van der Waals surface area contributed by atoms with Gasteiger partial charge in [0.2, 0.25) is 0 Å². The van der Waals surface area contributed by atoms with Crippen LogP contribution in [0.1, 0.15) is 65.5 Å². The number of hydrogen-bond donors (Lipinski definition) is 1. The minimum absolute atomic E-state index is 0.0633. The van der Waals surface area contributed by atoms with Crippen LogP contribution in [-0.2, 0) is 27.9 Å². The van der Waals surface area contributed by atoms with Crippen LogP contribution in [0.3, 0.4) is 0 Å². The number of aromatic nitrogens is 3. The number of fused-ring (bicyclic) bond motifs is 5. The summed E-state index contributed by atoms with van der Waals surface area (Å²) in [4.78, 5) is 49.5. The molecule has 3 aromatic rings. The number of rotatable bonds is 4. The van der Waals surface area contributed by atoms with Gasteiger partial charge in [-0.3, -0.25) is 19.0 Å². The molecule has 0 unspecified atom stereocenters. The lowest BCUT2D eigenvalue weighted by Crippen LogP contribution is -2.44. The molecule has 0 bridgehead atoms. The van der Waals surface area contributed by atoms with Gasteiger partial charge in [0.15, 0.2) is 5.78 Å². The second-order valence-electron chi connectivity index (χ2n) is 9.63. The van der Waals surface area contributed by atoms with Gasteiger partial charge in [0.25, 0.3) is 5.56 Å². The predicted molar refractivity (Wildman–Crippen MR) is 129 cm³/mol. The molecule has 4 heterocycles. The monoisotopic (exact) mass is 478 g/mol. The second kappa shape index (κ2) is 7.73. The second-order valence-corrected chi connectivity index (χ2v) is 10.7. The first-order valence-corrected chi connectivity index (χ1v) is 12.7. The summed E-state index contributed by atoms with van der Waals surface area (Å²) < 4.78 is 6.99. The number of carbonyl (C=O) groups is 2. The molecule has 34 heavy (non-hydrogen) atoms. The van der Waals surface area contributed by atoms with E-state index in [1.54, 1.807) is 22.0 Å². The van der Waals surface area contributed by atoms with Crippen LogP contribution in [0.15, 0.2) is 17.2 Å². The number of hydrogen-bond acceptors (Lipinski definition) is 8. The number of nitrogens with one attached hydrogen (secondary N) is 1. The van der Waals surface area contributed by atoms with Gasteiger partial charge in [0.05, 0.1) is 29.1 Å². The molecule has 0 amide bonds. The van der Waals surface area contributed by atoms with Gasteiger partial charge in [-0.2, -0.15) is 0 Å². The zero-order valence-corrected chi connectivity index (χ0v) is 20.1. The molecule has 0 aromatic carbocycles. The van der Waals surface area contributed by atoms with E-state index in [-0.39, 0.29) is 28.8 Å². The van der Waals surface area contributed by atoms with Gasteiger partial charge < -0.3 is 10.1 Å². The van der Waals surface area contributed by atoms with Crippen LogP contribution in [-0.4, -0.2) is 32.9 Å². The molecule has 1 N–H and O–H groups in total. The summed E-state index contributed by atoms with van der Waals surface area (Å²) in [6.07, 6.45) is 6.79. The summed E-state index contributed by atoms with van der Waals surface area (Å²) in [5.74, 6) is 0.385. The number of nitrogens with zero attached hydrogens (tertiary/aromatic N) is 3. The van der Waals surface area contributed by atoms with Crippen molar-refractivity contribution in [3.63, 3.8) is 0 Å². The summed E-state index contributed by atoms with van der Waals surface area (Å²) in [6.45, 7) is 4.10. The number of esters is 1. The molecule has 8 nitrogen and oxygen atoms in total. The summed E-state index contributed by atoms with van der Waals surface area (Å²) in [7, 11) is 0. The van der Waals surface area contributed by atoms with E-state index in [0.29, 0.717) is 36.6 Å². The summed E-state index contributed by atoms with van der Waals surface area (Å²) in [5.41, 5.74) is 2.43. The number of pyridine rings is 1. The van der Waals surface area contributed by atoms with Gasteiger partial charge in [0, 0.05) is 11.3 Å². The molecule has 2 aliphatic carbocycles. The van der Waals surface area contributed by atoms with Crippen LogP contribution in [0.25, 0.3) is 10.2 Å². The van der Waals surface area contributed by atoms with E-state index in [2.05, 4.69) is 15.3 Å². The number of ketones is 1. The Kier molecular flexibility index (Phi) is 4.88. The topological polar surface area (TPSA) is 103 Å². The third kappa shape index (κ3) is 3.06. The molecule has 1 fully saturated rings. The minimum atomic E-state index is -0.351. The first kappa shape index (κ1) is 21.5. The fourth-order valence-electron chi connectivity index (χ4n) is 5.87. The molecule has 176 valence electrons. The zero-order valence-electron chi connectivity index (χ0n) is 19.3. The van der Waals surface area contributed by atoms with Gasteiger partial charge in [-0.1, -0.05) is 0 Å². The van der Waals surface area contributed by atoms with E-state index in [0.717, 1.165) is 58.3 Å². The summed E-state index contributed by atoms with van der Waals surface area (Å²) in [6, 6.07) is 1.77. The van der Waals surface area contributed by atoms with Gasteiger partial charge in [0.1, 0.15) is 22.7 Å². The molecule has 1 atom stereocenters. The molecule has 1 aliphatic heterocycles. The highest BCUT2D eigenvalue weighted by Gasteiger charge is 2.49. The molecular formula is C25H26N4O4S. The molecule has 1 spiro atoms. The SMILES string of the molecule is CCOC(=O)[C@H]1CCc2c(sc3ncnc(Nc4cc(C)c5n(c4=O)C4(CCC4)CC5=O)c23)C1. The van der Waals surface area contributed by atoms with E-state index in [4.69, 9.17) is 4.74 Å². The van der Waals surface area contributed by atoms with Crippen molar-refractivity contribution in [3.8, 4) is 0 Å². The van der Waals surface area contributed by atoms with Crippen LogP contribution in [0, 0.1) is 12.8 Å². The van der Waals surface area contributed by atoms with Crippen molar-refractivity contribution in [2.75, 3.05) is 11.9 Å². The highest BCUT2D eigenvalue weighted by molar-refractivity contribution is 7.19. The van der Waals surface area contributed by atoms with Gasteiger partial charge >= 0.3 is 5.97 Å². The normalized spacial score (nSPS) is 20.2. The average Bonchev–Trinajstić information content (AvgIpc) is 3.33. The lowest BCUT2D eigenvalue weighted by atomic mass is 9.75. The Morgan fingerprint density at radius 1 is 1.32 bits per heavy atom. The van der Waals surface area contributed by atoms with Gasteiger partial charge in [-0.15, -0.1) is 11.3 Å². The van der Waals surface area contributed by atoms with Crippen molar-refractivity contribution >= 4 is 44.8 Å². The summed E-state index contributed by atoms with van der Waals surface area (Å²) >= 11 is 1.58. The lowest BCUT2D eigenvalue weighted by Gasteiger charge is -2.39. The van der Waals surface area contributed by atoms with E-state index in [1.165, 1.54) is 6.33 Å². The van der Waals surface area contributed by atoms with Crippen molar-refractivity contribution in [3.05, 3.63) is 44.4 Å². The van der Waals surface area contributed by atoms with Crippen molar-refractivity contribution in [1.29, 1.82) is 0 Å². The largest absolute Gasteiger partial charge is 0.466 e. The molecule has 3 aromatic heterocycles. The minimum Gasteiger partial charge on any atom is -0.466 e. The first-order chi connectivity index (χ1) is 16.4. The molecular weight excluding hydrogens is 452 g/mol. The maximum atomic E-state index is 13.6. The maximum Gasteiger partial charge on any atom is 0.309 e. The third-order valence-electron chi connectivity index (χ3n) is 7.62. The Labute approximate surface area is 200 Å². The van der Waals surface area contributed by atoms with E-state index in [1.807, 2.05) is 13.8 Å². The third-order valence-corrected chi connectivity index (χ3v) is 8.78. The van der Waals surface area contributed by atoms with Crippen LogP contribution in [0.2, 0.25) is 0 Å². The predicted octanol–water partition coefficient (Wildman–Crippen LogP) is 4.04. The van der Waals surface area contributed by atoms with Crippen LogP contribution < -0.4 is 10.9 Å². The Bertz CT molecular complexity index is 1420. The Balaban J connectivity index is 1.40. The van der Waals surface area contributed by atoms with Crippen molar-refractivity contribution in [1.82, 2.24) is 14.5 Å². The van der Waals surface area contributed by atoms with Crippen LogP contribution >= 0.6 is 11.3 Å². The average molecular weight is 479 g/mol. The van der Waals surface area contributed by atoms with Crippen molar-refractivity contribution < 1.29 is 14.3 Å². The Morgan fingerprint density at radius 2 is 2.15 bits per heavy atom. The summed E-state index contributed by atoms with van der Waals surface area (Å²) in [5, 5.41) is 4.21. The van der Waals surface area contributed by atoms with Crippen molar-refractivity contribution in [2.45, 2.75) is 64.3 Å². The number of carbonyl (C=O) groups excluding carboxylic acids is 2. The Morgan fingerprint density at radius 3 is 2.88 bits per heavy atom. The lowest BCUT2D eigenvalue weighted by molar-refractivity contribution is -0.148. The first-order valence-electron chi connectivity index (χ1n) is 11.9. The van der Waals surface area contributed by atoms with E-state index in [9.17, 15) is 14.4 Å². The standard InChI is InChI=1S/C25H26N4O4S/c1-3-33-24(32)14-5-6-15-18(10-14)34-22-19(15)21(26-12-27-22)28-16-9-13(2)20-17(30)11-25(7-4-8-25)29(20)23(16)31/h9,12,14H,3-8,10-11H2,1-2H3,(H,26,27,28)/t14-/m0/s1. The quantitative estimate of drug-likeness (QED) is 0.565. The smallest absolute Gasteiger partial charge is 0.309 e. The maximum absolute atomic E-state index is 13.6. The molecule has 1 saturated carbocycles. The fraction of sp³-hybridized carbons (Fsp3) is 0.480. The van der Waals surface area contributed by atoms with Crippen LogP contribution in [0.5, 0.6) is 0 Å². The van der Waals surface area contributed by atoms with E-state index < -0.39 is 0 Å². The highest BCUT2D eigenvalue weighted by Crippen LogP contribution is 2.47. The Hall–Kier alpha value is -3.07. The number of Topliss-reactive ketones (excluding diaryl/α,β-unsaturated/α-hetero) is 1. The molecule has 0 radical (unpaired) electrons. The number of thiophene rings is 1. The number of anilines is 2. The van der Waals surface area contributed by atoms with Crippen molar-refractivity contribution in [2.24, 2.45) is 5.92 Å². The molecule has 0 saturated heterocycles. The van der Waals surface area contributed by atoms with Gasteiger partial charge in [-0.25, -0.2) is 9.97 Å².